The van der Waals surface area contributed by atoms with Crippen LogP contribution in [0.25, 0.3) is 11.0 Å². The molecule has 1 amide bonds. The van der Waals surface area contributed by atoms with Crippen LogP contribution >= 0.6 is 11.8 Å². The number of methoxy groups -OCH3 is 1. The number of aromatic nitrogens is 2. The normalized spacial score (nSPS) is 11.1. The van der Waals surface area contributed by atoms with E-state index in [1.165, 1.54) is 11.8 Å². The number of hydrogen-bond acceptors (Lipinski definition) is 6. The number of hydrogen-bond donors (Lipinski definition) is 2. The number of nitrogens with one attached hydrogen (secondary N) is 2. The molecule has 146 valence electrons. The van der Waals surface area contributed by atoms with Gasteiger partial charge in [-0.3, -0.25) is 4.79 Å². The van der Waals surface area contributed by atoms with Crippen LogP contribution in [0, 0.1) is 0 Å². The number of para-hydroxylation sites is 2. The van der Waals surface area contributed by atoms with Crippen molar-refractivity contribution in [2.24, 2.45) is 5.10 Å². The summed E-state index contributed by atoms with van der Waals surface area (Å²) in [7, 11) is 1.60. The Morgan fingerprint density at radius 2 is 2.14 bits per heavy atom. The third-order valence-corrected chi connectivity index (χ3v) is 4.63. The van der Waals surface area contributed by atoms with Crippen molar-refractivity contribution in [3.05, 3.63) is 48.0 Å². The molecule has 0 fully saturated rings. The topological polar surface area (TPSA) is 88.6 Å². The van der Waals surface area contributed by atoms with Crippen molar-refractivity contribution in [2.75, 3.05) is 19.5 Å². The first-order chi connectivity index (χ1) is 13.7. The molecule has 1 heterocycles. The second-order valence-corrected chi connectivity index (χ2v) is 6.86. The van der Waals surface area contributed by atoms with E-state index in [9.17, 15) is 4.79 Å². The average Bonchev–Trinajstić information content (AvgIpc) is 3.14. The molecule has 28 heavy (non-hydrogen) atoms. The zero-order chi connectivity index (χ0) is 19.8. The molecule has 8 heteroatoms. The van der Waals surface area contributed by atoms with E-state index in [0.29, 0.717) is 23.3 Å². The monoisotopic (exact) mass is 398 g/mol. The standard InChI is InChI=1S/C20H22N4O3S/c1-3-10-27-18-11-14(8-9-17(18)26-2)12-21-24-19(25)13-28-20-22-15-6-4-5-7-16(15)23-20/h4-9,11-12H,3,10,13H2,1-2H3,(H,22,23)(H,24,25)/b21-12-. The van der Waals surface area contributed by atoms with Crippen LogP contribution in [-0.4, -0.2) is 41.6 Å². The number of aromatic amines is 1. The van der Waals surface area contributed by atoms with Crippen molar-refractivity contribution in [1.82, 2.24) is 15.4 Å². The maximum absolute atomic E-state index is 12.0. The van der Waals surface area contributed by atoms with Crippen molar-refractivity contribution in [2.45, 2.75) is 18.5 Å². The van der Waals surface area contributed by atoms with Crippen LogP contribution in [0.4, 0.5) is 0 Å². The summed E-state index contributed by atoms with van der Waals surface area (Å²) in [4.78, 5) is 19.6. The molecular formula is C20H22N4O3S. The van der Waals surface area contributed by atoms with E-state index < -0.39 is 0 Å². The Morgan fingerprint density at radius 3 is 2.93 bits per heavy atom. The highest BCUT2D eigenvalue weighted by Crippen LogP contribution is 2.27. The number of amides is 1. The maximum atomic E-state index is 12.0. The highest BCUT2D eigenvalue weighted by Gasteiger charge is 2.07. The molecule has 0 spiro atoms. The van der Waals surface area contributed by atoms with Crippen molar-refractivity contribution >= 4 is 34.9 Å². The number of rotatable bonds is 9. The fourth-order valence-corrected chi connectivity index (χ4v) is 3.12. The van der Waals surface area contributed by atoms with Crippen LogP contribution < -0.4 is 14.9 Å². The third-order valence-electron chi connectivity index (χ3n) is 3.76. The molecule has 7 nitrogen and oxygen atoms in total. The summed E-state index contributed by atoms with van der Waals surface area (Å²) in [6, 6.07) is 13.2. The van der Waals surface area contributed by atoms with Crippen LogP contribution in [0.15, 0.2) is 52.7 Å². The number of benzene rings is 2. The Morgan fingerprint density at radius 1 is 1.29 bits per heavy atom. The van der Waals surface area contributed by atoms with E-state index in [-0.39, 0.29) is 11.7 Å². The first kappa shape index (κ1) is 19.8. The van der Waals surface area contributed by atoms with Crippen LogP contribution in [0.1, 0.15) is 18.9 Å². The van der Waals surface area contributed by atoms with Crippen LogP contribution in [0.5, 0.6) is 11.5 Å². The number of nitrogens with zero attached hydrogens (tertiary/aromatic N) is 2. The Hall–Kier alpha value is -3.00. The van der Waals surface area contributed by atoms with Crippen LogP contribution in [0.3, 0.4) is 0 Å². The molecule has 0 aliphatic rings. The molecule has 0 unspecified atom stereocenters. The predicted molar refractivity (Wildman–Crippen MR) is 111 cm³/mol. The number of carbonyl (C=O) groups is 1. The largest absolute Gasteiger partial charge is 0.493 e. The lowest BCUT2D eigenvalue weighted by molar-refractivity contribution is -0.118. The van der Waals surface area contributed by atoms with E-state index >= 15 is 0 Å². The van der Waals surface area contributed by atoms with Gasteiger partial charge in [0.05, 0.1) is 36.7 Å². The lowest BCUT2D eigenvalue weighted by atomic mass is 10.2. The van der Waals surface area contributed by atoms with Gasteiger partial charge in [-0.25, -0.2) is 10.4 Å². The number of fused-ring (bicyclic) bond motifs is 1. The summed E-state index contributed by atoms with van der Waals surface area (Å²) in [6.45, 7) is 2.64. The van der Waals surface area contributed by atoms with Gasteiger partial charge in [0.25, 0.3) is 5.91 Å². The van der Waals surface area contributed by atoms with Gasteiger partial charge in [0.2, 0.25) is 0 Å². The lowest BCUT2D eigenvalue weighted by Gasteiger charge is -2.10. The summed E-state index contributed by atoms with van der Waals surface area (Å²) < 4.78 is 11.0. The second kappa shape index (κ2) is 9.80. The molecule has 0 bridgehead atoms. The third kappa shape index (κ3) is 5.26. The van der Waals surface area contributed by atoms with Gasteiger partial charge in [-0.1, -0.05) is 30.8 Å². The lowest BCUT2D eigenvalue weighted by Crippen LogP contribution is -2.19. The SMILES string of the molecule is CCCOc1cc(/C=N\NC(=O)CSc2nc3ccccc3[nH]2)ccc1OC. The van der Waals surface area contributed by atoms with E-state index in [1.807, 2.05) is 49.4 Å². The van der Waals surface area contributed by atoms with E-state index in [4.69, 9.17) is 9.47 Å². The molecule has 1 aromatic heterocycles. The molecule has 3 aromatic rings. The van der Waals surface area contributed by atoms with Crippen molar-refractivity contribution in [1.29, 1.82) is 0 Å². The molecule has 0 atom stereocenters. The van der Waals surface area contributed by atoms with Gasteiger partial charge in [0.15, 0.2) is 16.7 Å². The molecule has 0 aliphatic carbocycles. The van der Waals surface area contributed by atoms with Crippen LogP contribution in [-0.2, 0) is 4.79 Å². The summed E-state index contributed by atoms with van der Waals surface area (Å²) in [5.74, 6) is 1.32. The summed E-state index contributed by atoms with van der Waals surface area (Å²) in [5, 5.41) is 4.71. The minimum absolute atomic E-state index is 0.210. The number of carbonyl (C=O) groups excluding carboxylic acids is 1. The zero-order valence-electron chi connectivity index (χ0n) is 15.8. The Balaban J connectivity index is 1.52. The molecule has 0 radical (unpaired) electrons. The summed E-state index contributed by atoms with van der Waals surface area (Å²) >= 11 is 1.33. The van der Waals surface area contributed by atoms with Crippen molar-refractivity contribution in [3.63, 3.8) is 0 Å². The quantitative estimate of drug-likeness (QED) is 0.327. The van der Waals surface area contributed by atoms with Gasteiger partial charge in [-0.2, -0.15) is 5.10 Å². The van der Waals surface area contributed by atoms with Crippen LogP contribution in [0.2, 0.25) is 0 Å². The molecule has 2 N–H and O–H groups in total. The average molecular weight is 398 g/mol. The summed E-state index contributed by atoms with van der Waals surface area (Å²) in [5.41, 5.74) is 5.15. The van der Waals surface area contributed by atoms with Gasteiger partial charge in [-0.15, -0.1) is 0 Å². The van der Waals surface area contributed by atoms with Gasteiger partial charge in [0, 0.05) is 0 Å². The fraction of sp³-hybridized carbons (Fsp3) is 0.250. The number of thioether (sulfide) groups is 1. The molecule has 2 aromatic carbocycles. The first-order valence-corrected chi connectivity index (χ1v) is 9.88. The maximum Gasteiger partial charge on any atom is 0.250 e. The molecule has 0 saturated carbocycles. The smallest absolute Gasteiger partial charge is 0.250 e. The highest BCUT2D eigenvalue weighted by molar-refractivity contribution is 7.99. The predicted octanol–water partition coefficient (Wildman–Crippen LogP) is 3.60. The van der Waals surface area contributed by atoms with Gasteiger partial charge in [-0.05, 0) is 42.3 Å². The number of ether oxygens (including phenoxy) is 2. The summed E-state index contributed by atoms with van der Waals surface area (Å²) in [6.07, 6.45) is 2.47. The first-order valence-electron chi connectivity index (χ1n) is 8.90. The van der Waals surface area contributed by atoms with E-state index in [0.717, 1.165) is 23.0 Å². The molecule has 0 aliphatic heterocycles. The number of imidazole rings is 1. The van der Waals surface area contributed by atoms with E-state index in [2.05, 4.69) is 20.5 Å². The number of H-pyrrole nitrogens is 1. The zero-order valence-corrected chi connectivity index (χ0v) is 16.6. The van der Waals surface area contributed by atoms with Gasteiger partial charge >= 0.3 is 0 Å². The minimum atomic E-state index is -0.210. The Kier molecular flexibility index (Phi) is 6.91. The minimum Gasteiger partial charge on any atom is -0.493 e. The second-order valence-electron chi connectivity index (χ2n) is 5.90. The fourth-order valence-electron chi connectivity index (χ4n) is 2.44. The Labute approximate surface area is 167 Å². The van der Waals surface area contributed by atoms with E-state index in [1.54, 1.807) is 13.3 Å². The van der Waals surface area contributed by atoms with Crippen molar-refractivity contribution < 1.29 is 14.3 Å². The van der Waals surface area contributed by atoms with Gasteiger partial charge in [0.1, 0.15) is 0 Å². The molecule has 3 rings (SSSR count). The van der Waals surface area contributed by atoms with Crippen molar-refractivity contribution in [3.8, 4) is 11.5 Å². The Bertz CT molecular complexity index is 938. The van der Waals surface area contributed by atoms with Gasteiger partial charge < -0.3 is 14.5 Å². The highest BCUT2D eigenvalue weighted by atomic mass is 32.2. The molecule has 0 saturated heterocycles. The number of hydrazone groups is 1. The molecular weight excluding hydrogens is 376 g/mol.